The average Bonchev–Trinajstić information content (AvgIpc) is 2.74. The van der Waals surface area contributed by atoms with E-state index in [1.54, 1.807) is 6.07 Å². The van der Waals surface area contributed by atoms with E-state index in [2.05, 4.69) is 15.6 Å². The first-order valence-electron chi connectivity index (χ1n) is 10.3. The summed E-state index contributed by atoms with van der Waals surface area (Å²) in [6.45, 7) is 5.58. The Balaban J connectivity index is 2.24. The van der Waals surface area contributed by atoms with Gasteiger partial charge in [-0.2, -0.15) is 9.37 Å². The summed E-state index contributed by atoms with van der Waals surface area (Å²) in [4.78, 5) is 26.2. The lowest BCUT2D eigenvalue weighted by molar-refractivity contribution is -0.138. The number of phenols is 1. The average molecular weight is 502 g/mol. The molecule has 1 aromatic heterocycles. The number of carbonyl (C=O) groups is 2. The summed E-state index contributed by atoms with van der Waals surface area (Å²) >= 11 is 12.4. The van der Waals surface area contributed by atoms with Gasteiger partial charge in [-0.25, -0.2) is 4.79 Å². The minimum absolute atomic E-state index is 0.00660. The molecule has 1 atom stereocenters. The number of benzene rings is 1. The molecule has 0 aliphatic heterocycles. The number of anilines is 1. The van der Waals surface area contributed by atoms with Gasteiger partial charge in [-0.1, -0.05) is 37.0 Å². The first-order chi connectivity index (χ1) is 15.5. The highest BCUT2D eigenvalue weighted by atomic mass is 35.5. The van der Waals surface area contributed by atoms with Crippen LogP contribution < -0.4 is 15.4 Å². The Morgan fingerprint density at radius 1 is 1.21 bits per heavy atom. The summed E-state index contributed by atoms with van der Waals surface area (Å²) in [6.07, 6.45) is 1.23. The number of pyridine rings is 1. The number of carboxylic acid groups (broad SMARTS) is 1. The van der Waals surface area contributed by atoms with Crippen molar-refractivity contribution in [1.29, 1.82) is 0 Å². The van der Waals surface area contributed by atoms with Crippen molar-refractivity contribution in [1.82, 2.24) is 10.3 Å². The molecular weight excluding hydrogens is 476 g/mol. The van der Waals surface area contributed by atoms with Gasteiger partial charge >= 0.3 is 5.97 Å². The van der Waals surface area contributed by atoms with Gasteiger partial charge in [-0.3, -0.25) is 4.79 Å². The zero-order chi connectivity index (χ0) is 24.7. The van der Waals surface area contributed by atoms with E-state index in [9.17, 15) is 24.2 Å². The maximum Gasteiger partial charge on any atom is 0.326 e. The van der Waals surface area contributed by atoms with E-state index in [1.807, 2.05) is 13.8 Å². The fourth-order valence-corrected chi connectivity index (χ4v) is 3.47. The topological polar surface area (TPSA) is 121 Å². The first-order valence-corrected chi connectivity index (χ1v) is 11.1. The van der Waals surface area contributed by atoms with Crippen LogP contribution in [-0.2, 0) is 9.59 Å². The van der Waals surface area contributed by atoms with Gasteiger partial charge in [0.1, 0.15) is 27.6 Å². The van der Waals surface area contributed by atoms with E-state index in [0.29, 0.717) is 24.9 Å². The number of ether oxygens (including phenoxy) is 1. The number of hydrogen-bond donors (Lipinski definition) is 4. The van der Waals surface area contributed by atoms with Crippen LogP contribution in [0.5, 0.6) is 17.2 Å². The van der Waals surface area contributed by atoms with Crippen molar-refractivity contribution in [3.05, 3.63) is 39.8 Å². The van der Waals surface area contributed by atoms with Gasteiger partial charge < -0.3 is 25.6 Å². The molecule has 1 aromatic carbocycles. The molecule has 0 aliphatic carbocycles. The lowest BCUT2D eigenvalue weighted by Crippen LogP contribution is -2.30. The summed E-state index contributed by atoms with van der Waals surface area (Å²) in [7, 11) is 0. The summed E-state index contributed by atoms with van der Waals surface area (Å²) in [6, 6.07) is 3.37. The maximum atomic E-state index is 14.4. The number of nitrogens with zero attached hydrogens (tertiary/aromatic N) is 1. The third-order valence-corrected chi connectivity index (χ3v) is 5.42. The number of unbranched alkanes of at least 4 members (excludes halogenated alkanes) is 1. The zero-order valence-electron chi connectivity index (χ0n) is 18.4. The lowest BCUT2D eigenvalue weighted by Gasteiger charge is -2.19. The predicted molar refractivity (Wildman–Crippen MR) is 124 cm³/mol. The van der Waals surface area contributed by atoms with Crippen LogP contribution in [0.1, 0.15) is 51.5 Å². The van der Waals surface area contributed by atoms with E-state index in [4.69, 9.17) is 27.9 Å². The summed E-state index contributed by atoms with van der Waals surface area (Å²) in [5.41, 5.74) is 0.609. The molecule has 0 unspecified atom stereocenters. The fourth-order valence-electron chi connectivity index (χ4n) is 3.02. The molecule has 0 spiro atoms. The molecule has 11 heteroatoms. The van der Waals surface area contributed by atoms with Crippen LogP contribution in [0.25, 0.3) is 0 Å². The molecule has 0 saturated heterocycles. The van der Waals surface area contributed by atoms with Crippen molar-refractivity contribution in [3.8, 4) is 17.2 Å². The van der Waals surface area contributed by atoms with E-state index in [-0.39, 0.29) is 46.3 Å². The Bertz CT molecular complexity index is 1020. The van der Waals surface area contributed by atoms with Crippen LogP contribution in [-0.4, -0.2) is 39.7 Å². The minimum Gasteiger partial charge on any atom is -0.508 e. The van der Waals surface area contributed by atoms with E-state index >= 15 is 0 Å². The molecule has 2 rings (SSSR count). The van der Waals surface area contributed by atoms with E-state index < -0.39 is 23.0 Å². The highest BCUT2D eigenvalue weighted by Gasteiger charge is 2.24. The molecular formula is C22H26Cl2FN3O5. The molecule has 0 radical (unpaired) electrons. The second-order valence-electron chi connectivity index (χ2n) is 7.70. The molecule has 0 saturated carbocycles. The Morgan fingerprint density at radius 2 is 1.91 bits per heavy atom. The molecule has 0 fully saturated rings. The van der Waals surface area contributed by atoms with Crippen molar-refractivity contribution in [2.45, 2.75) is 52.0 Å². The van der Waals surface area contributed by atoms with Crippen molar-refractivity contribution >= 4 is 40.9 Å². The van der Waals surface area contributed by atoms with Crippen LogP contribution in [0, 0.1) is 5.95 Å². The van der Waals surface area contributed by atoms with Gasteiger partial charge in [0, 0.05) is 19.0 Å². The molecule has 2 aromatic rings. The highest BCUT2D eigenvalue weighted by Crippen LogP contribution is 2.42. The lowest BCUT2D eigenvalue weighted by atomic mass is 10.0. The third-order valence-electron chi connectivity index (χ3n) is 4.74. The van der Waals surface area contributed by atoms with E-state index in [0.717, 1.165) is 0 Å². The third kappa shape index (κ3) is 7.36. The fraction of sp³-hybridized carbons (Fsp3) is 0.409. The standard InChI is InChI=1S/C22H26Cl2FN3O5/c1-11(2)14-10-13(7-8-16(14)30)33-19-17(23)20(25)28-21(18(19)24)27-15(22(31)32)6-4-5-9-26-12(3)29/h7-8,10-11,15,30H,4-6,9H2,1-3H3,(H,26,29)(H,27,28)(H,31,32)/t15-/m0/s1. The maximum absolute atomic E-state index is 14.4. The largest absolute Gasteiger partial charge is 0.508 e. The number of amides is 1. The van der Waals surface area contributed by atoms with Crippen LogP contribution in [0.2, 0.25) is 10.0 Å². The molecule has 0 aliphatic rings. The molecule has 0 bridgehead atoms. The number of hydrogen-bond acceptors (Lipinski definition) is 6. The molecule has 33 heavy (non-hydrogen) atoms. The number of halogens is 3. The van der Waals surface area contributed by atoms with Gasteiger partial charge in [-0.05, 0) is 43.4 Å². The van der Waals surface area contributed by atoms with Gasteiger partial charge in [0.25, 0.3) is 0 Å². The Hall–Kier alpha value is -2.78. The molecule has 1 amide bonds. The quantitative estimate of drug-likeness (QED) is 0.242. The van der Waals surface area contributed by atoms with E-state index in [1.165, 1.54) is 19.1 Å². The van der Waals surface area contributed by atoms with Crippen LogP contribution in [0.15, 0.2) is 18.2 Å². The molecule has 1 heterocycles. The second-order valence-corrected chi connectivity index (χ2v) is 8.46. The Morgan fingerprint density at radius 3 is 2.52 bits per heavy atom. The van der Waals surface area contributed by atoms with Crippen LogP contribution in [0.3, 0.4) is 0 Å². The van der Waals surface area contributed by atoms with Crippen molar-refractivity contribution in [2.24, 2.45) is 0 Å². The van der Waals surface area contributed by atoms with Gasteiger partial charge in [0.2, 0.25) is 11.9 Å². The molecule has 180 valence electrons. The number of phenolic OH excluding ortho intramolecular Hbond substituents is 1. The summed E-state index contributed by atoms with van der Waals surface area (Å²) in [5.74, 6) is -2.56. The highest BCUT2D eigenvalue weighted by molar-refractivity contribution is 6.38. The van der Waals surface area contributed by atoms with Crippen molar-refractivity contribution < 1.29 is 28.9 Å². The van der Waals surface area contributed by atoms with Gasteiger partial charge in [0.15, 0.2) is 11.6 Å². The van der Waals surface area contributed by atoms with Crippen LogP contribution in [0.4, 0.5) is 10.2 Å². The second kappa shape index (κ2) is 11.9. The monoisotopic (exact) mass is 501 g/mol. The number of aliphatic carboxylic acids is 1. The number of carboxylic acids is 1. The predicted octanol–water partition coefficient (Wildman–Crippen LogP) is 5.32. The zero-order valence-corrected chi connectivity index (χ0v) is 19.9. The number of aromatic nitrogens is 1. The Kier molecular flexibility index (Phi) is 9.55. The smallest absolute Gasteiger partial charge is 0.326 e. The summed E-state index contributed by atoms with van der Waals surface area (Å²) in [5, 5.41) is 24.1. The Labute approximate surface area is 201 Å². The summed E-state index contributed by atoms with van der Waals surface area (Å²) < 4.78 is 20.1. The number of rotatable bonds is 11. The number of aromatic hydroxyl groups is 1. The molecule has 4 N–H and O–H groups in total. The van der Waals surface area contributed by atoms with Gasteiger partial charge in [-0.15, -0.1) is 0 Å². The van der Waals surface area contributed by atoms with Crippen molar-refractivity contribution in [2.75, 3.05) is 11.9 Å². The van der Waals surface area contributed by atoms with Gasteiger partial charge in [0.05, 0.1) is 0 Å². The molecule has 8 nitrogen and oxygen atoms in total. The SMILES string of the molecule is CC(=O)NCCCC[C@H](Nc1nc(F)c(Cl)c(Oc2ccc(O)c(C(C)C)c2)c1Cl)C(=O)O. The number of carbonyl (C=O) groups excluding carboxylic acids is 1. The minimum atomic E-state index is -1.18. The van der Waals surface area contributed by atoms with Crippen molar-refractivity contribution in [3.63, 3.8) is 0 Å². The number of nitrogens with one attached hydrogen (secondary N) is 2. The van der Waals surface area contributed by atoms with Crippen LogP contribution >= 0.6 is 23.2 Å². The first kappa shape index (κ1) is 26.5. The normalized spacial score (nSPS) is 11.8.